The van der Waals surface area contributed by atoms with Gasteiger partial charge >= 0.3 is 6.18 Å². The fraction of sp³-hybridized carbons (Fsp3) is 0.364. The van der Waals surface area contributed by atoms with Gasteiger partial charge in [-0.2, -0.15) is 18.3 Å². The molecule has 35 heavy (non-hydrogen) atoms. The summed E-state index contributed by atoms with van der Waals surface area (Å²) in [7, 11) is 0. The zero-order chi connectivity index (χ0) is 24.9. The van der Waals surface area contributed by atoms with Gasteiger partial charge in [-0.25, -0.2) is 0 Å². The molecule has 0 saturated heterocycles. The van der Waals surface area contributed by atoms with Crippen molar-refractivity contribution in [2.75, 3.05) is 13.1 Å². The number of aromatic nitrogens is 3. The van der Waals surface area contributed by atoms with E-state index in [0.717, 1.165) is 11.3 Å². The first-order valence-electron chi connectivity index (χ1n) is 10.7. The Balaban J connectivity index is 1.44. The number of fused-ring (bicyclic) bond motifs is 5. The molecule has 0 saturated carbocycles. The van der Waals surface area contributed by atoms with Crippen molar-refractivity contribution in [1.29, 1.82) is 0 Å². The van der Waals surface area contributed by atoms with E-state index in [-0.39, 0.29) is 30.4 Å². The molecule has 2 aliphatic heterocycles. The Morgan fingerprint density at radius 2 is 2.03 bits per heavy atom. The Labute approximate surface area is 206 Å². The number of rotatable bonds is 3. The number of alkyl halides is 3. The number of nitrogens with zero attached hydrogens (tertiary/aromatic N) is 4. The van der Waals surface area contributed by atoms with E-state index >= 15 is 0 Å². The second kappa shape index (κ2) is 8.87. The Bertz CT molecular complexity index is 1320. The van der Waals surface area contributed by atoms with Crippen molar-refractivity contribution in [3.8, 4) is 11.4 Å². The predicted octanol–water partition coefficient (Wildman–Crippen LogP) is 3.89. The molecular weight excluding hydrogens is 510 g/mol. The number of carbonyl (C=O) groups is 2. The smallest absolute Gasteiger partial charge is 0.364 e. The van der Waals surface area contributed by atoms with Gasteiger partial charge in [0.05, 0.1) is 40.4 Å². The van der Waals surface area contributed by atoms with Crippen molar-refractivity contribution in [1.82, 2.24) is 25.2 Å². The molecule has 3 aromatic rings. The number of carbonyl (C=O) groups excluding carboxylic acids is 2. The van der Waals surface area contributed by atoms with Gasteiger partial charge < -0.3 is 14.7 Å². The third-order valence-corrected chi connectivity index (χ3v) is 6.85. The highest BCUT2D eigenvalue weighted by molar-refractivity contribution is 6.42. The fourth-order valence-corrected chi connectivity index (χ4v) is 4.75. The van der Waals surface area contributed by atoms with Crippen LogP contribution in [0.15, 0.2) is 29.0 Å². The molecule has 0 radical (unpaired) electrons. The van der Waals surface area contributed by atoms with Crippen LogP contribution in [-0.4, -0.2) is 50.9 Å². The van der Waals surface area contributed by atoms with Gasteiger partial charge in [-0.3, -0.25) is 14.3 Å². The van der Waals surface area contributed by atoms with Crippen LogP contribution >= 0.6 is 23.2 Å². The van der Waals surface area contributed by atoms with Crippen LogP contribution in [0.4, 0.5) is 13.2 Å². The standard InChI is InChI=1S/C22H18Cl2F3N5O3/c23-15-2-1-11(6-16(15)24)21(34)31-4-3-17-14(8-31)19-18-13(9-35-30-18)5-12(7-32(19)29-17)20(33)28-10-22(25,26)27/h1-2,6,9,12H,3-5,7-8,10H2,(H,28,33). The molecule has 1 unspecified atom stereocenters. The lowest BCUT2D eigenvalue weighted by atomic mass is 9.98. The van der Waals surface area contributed by atoms with Crippen molar-refractivity contribution in [3.63, 3.8) is 0 Å². The molecular formula is C22H18Cl2F3N5O3. The largest absolute Gasteiger partial charge is 0.405 e. The summed E-state index contributed by atoms with van der Waals surface area (Å²) in [6.45, 7) is -0.694. The highest BCUT2D eigenvalue weighted by atomic mass is 35.5. The van der Waals surface area contributed by atoms with Crippen LogP contribution in [0.3, 0.4) is 0 Å². The van der Waals surface area contributed by atoms with E-state index in [9.17, 15) is 22.8 Å². The molecule has 4 heterocycles. The molecule has 8 nitrogen and oxygen atoms in total. The van der Waals surface area contributed by atoms with E-state index in [1.54, 1.807) is 21.7 Å². The first-order chi connectivity index (χ1) is 16.6. The third-order valence-electron chi connectivity index (χ3n) is 6.12. The molecule has 0 fully saturated rings. The Morgan fingerprint density at radius 3 is 2.77 bits per heavy atom. The zero-order valence-corrected chi connectivity index (χ0v) is 19.5. The summed E-state index contributed by atoms with van der Waals surface area (Å²) in [5.74, 6) is -1.76. The average Bonchev–Trinajstić information content (AvgIpc) is 3.37. The number of halogens is 5. The van der Waals surface area contributed by atoms with Crippen molar-refractivity contribution in [2.45, 2.75) is 32.1 Å². The molecule has 1 aromatic carbocycles. The third kappa shape index (κ3) is 4.62. The van der Waals surface area contributed by atoms with Gasteiger partial charge in [-0.05, 0) is 24.6 Å². The zero-order valence-electron chi connectivity index (χ0n) is 18.0. The summed E-state index contributed by atoms with van der Waals surface area (Å²) < 4.78 is 44.6. The van der Waals surface area contributed by atoms with Gasteiger partial charge in [0, 0.05) is 29.7 Å². The lowest BCUT2D eigenvalue weighted by Gasteiger charge is -2.27. The predicted molar refractivity (Wildman–Crippen MR) is 119 cm³/mol. The first kappa shape index (κ1) is 23.7. The lowest BCUT2D eigenvalue weighted by molar-refractivity contribution is -0.141. The van der Waals surface area contributed by atoms with Crippen LogP contribution in [0.5, 0.6) is 0 Å². The number of amides is 2. The van der Waals surface area contributed by atoms with Crippen molar-refractivity contribution < 1.29 is 27.3 Å². The van der Waals surface area contributed by atoms with Crippen molar-refractivity contribution >= 4 is 35.0 Å². The summed E-state index contributed by atoms with van der Waals surface area (Å²) in [6.07, 6.45) is -2.52. The van der Waals surface area contributed by atoms with E-state index in [0.29, 0.717) is 40.5 Å². The summed E-state index contributed by atoms with van der Waals surface area (Å²) in [5.41, 5.74) is 3.55. The maximum Gasteiger partial charge on any atom is 0.405 e. The molecule has 1 N–H and O–H groups in total. The Morgan fingerprint density at radius 1 is 1.23 bits per heavy atom. The van der Waals surface area contributed by atoms with Gasteiger partial charge in [-0.1, -0.05) is 28.4 Å². The van der Waals surface area contributed by atoms with E-state index < -0.39 is 24.5 Å². The average molecular weight is 528 g/mol. The summed E-state index contributed by atoms with van der Waals surface area (Å²) in [4.78, 5) is 27.3. The van der Waals surface area contributed by atoms with Crippen molar-refractivity contribution in [3.05, 3.63) is 56.9 Å². The van der Waals surface area contributed by atoms with Gasteiger partial charge in [0.2, 0.25) is 5.91 Å². The minimum absolute atomic E-state index is 0.0725. The topological polar surface area (TPSA) is 93.3 Å². The molecule has 0 bridgehead atoms. The Kier molecular flexibility index (Phi) is 6.00. The minimum atomic E-state index is -4.51. The fourth-order valence-electron chi connectivity index (χ4n) is 4.45. The second-order valence-corrected chi connectivity index (χ2v) is 9.30. The lowest BCUT2D eigenvalue weighted by Crippen LogP contribution is -2.39. The van der Waals surface area contributed by atoms with Crippen LogP contribution < -0.4 is 5.32 Å². The number of benzene rings is 1. The maximum absolute atomic E-state index is 13.1. The summed E-state index contributed by atoms with van der Waals surface area (Å²) in [5, 5.41) is 11.3. The first-order valence-corrected chi connectivity index (χ1v) is 11.5. The highest BCUT2D eigenvalue weighted by Crippen LogP contribution is 2.36. The number of hydrogen-bond donors (Lipinski definition) is 1. The van der Waals surface area contributed by atoms with Gasteiger partial charge in [0.25, 0.3) is 5.91 Å². The van der Waals surface area contributed by atoms with E-state index in [2.05, 4.69) is 10.3 Å². The summed E-state index contributed by atoms with van der Waals surface area (Å²) >= 11 is 12.0. The van der Waals surface area contributed by atoms with E-state index in [4.69, 9.17) is 27.7 Å². The quantitative estimate of drug-likeness (QED) is 0.557. The van der Waals surface area contributed by atoms with Crippen LogP contribution in [0, 0.1) is 5.92 Å². The Hall–Kier alpha value is -3.05. The summed E-state index contributed by atoms with van der Waals surface area (Å²) in [6, 6.07) is 4.68. The second-order valence-electron chi connectivity index (χ2n) is 8.48. The molecule has 2 aliphatic rings. The number of hydrogen-bond acceptors (Lipinski definition) is 5. The van der Waals surface area contributed by atoms with E-state index in [1.165, 1.54) is 12.3 Å². The van der Waals surface area contributed by atoms with Gasteiger partial charge in [0.1, 0.15) is 18.5 Å². The molecule has 13 heteroatoms. The maximum atomic E-state index is 13.1. The molecule has 0 spiro atoms. The van der Waals surface area contributed by atoms with Crippen molar-refractivity contribution in [2.24, 2.45) is 5.92 Å². The molecule has 5 rings (SSSR count). The molecule has 0 aliphatic carbocycles. The van der Waals surface area contributed by atoms with Gasteiger partial charge in [0.15, 0.2) is 0 Å². The van der Waals surface area contributed by atoms with Crippen LogP contribution in [0.2, 0.25) is 10.0 Å². The number of nitrogens with one attached hydrogen (secondary N) is 1. The normalized spacial score (nSPS) is 17.3. The SMILES string of the molecule is O=C(NCC(F)(F)F)C1Cc2conc2-c2c3c(nn2C1)CCN(C(=O)c1ccc(Cl)c(Cl)c1)C3. The van der Waals surface area contributed by atoms with Crippen LogP contribution in [0.25, 0.3) is 11.4 Å². The minimum Gasteiger partial charge on any atom is -0.364 e. The monoisotopic (exact) mass is 527 g/mol. The molecule has 184 valence electrons. The van der Waals surface area contributed by atoms with E-state index in [1.807, 2.05) is 5.32 Å². The highest BCUT2D eigenvalue weighted by Gasteiger charge is 2.36. The molecule has 1 atom stereocenters. The molecule has 2 aromatic heterocycles. The van der Waals surface area contributed by atoms with Crippen LogP contribution in [-0.2, 0) is 30.7 Å². The van der Waals surface area contributed by atoms with Crippen LogP contribution in [0.1, 0.15) is 27.2 Å². The van der Waals surface area contributed by atoms with Gasteiger partial charge in [-0.15, -0.1) is 0 Å². The molecule has 2 amide bonds.